The Labute approximate surface area is 567 Å². The molecular weight excluding hydrogens is 1070 g/mol. The summed E-state index contributed by atoms with van der Waals surface area (Å²) in [5.41, 5.74) is 2.68. The fraction of sp³-hybridized carbons (Fsp3) is 1.00. The molecule has 2 bridgehead atoms. The van der Waals surface area contributed by atoms with Crippen LogP contribution in [0.5, 0.6) is 0 Å². The third kappa shape index (κ3) is 30.1. The molecule has 0 radical (unpaired) electrons. The van der Waals surface area contributed by atoms with Gasteiger partial charge in [0.1, 0.15) is 0 Å². The molecule has 0 aromatic heterocycles. The molecular formula is C89H176. The summed E-state index contributed by atoms with van der Waals surface area (Å²) in [4.78, 5) is 0. The highest BCUT2D eigenvalue weighted by Gasteiger charge is 2.46. The quantitative estimate of drug-likeness (QED) is 0.264. The summed E-state index contributed by atoms with van der Waals surface area (Å²) in [7, 11) is 0. The highest BCUT2D eigenvalue weighted by atomic mass is 14.5. The van der Waals surface area contributed by atoms with E-state index in [1.807, 2.05) is 0 Å². The van der Waals surface area contributed by atoms with E-state index in [1.165, 1.54) is 173 Å². The van der Waals surface area contributed by atoms with Crippen LogP contribution in [0.25, 0.3) is 0 Å². The van der Waals surface area contributed by atoms with Gasteiger partial charge < -0.3 is 0 Å². The first-order chi connectivity index (χ1) is 41.1. The third-order valence-corrected chi connectivity index (χ3v) is 30.1. The average molecular weight is 1250 g/mol. The number of hydrogen-bond acceptors (Lipinski definition) is 0. The van der Waals surface area contributed by atoms with E-state index in [9.17, 15) is 0 Å². The van der Waals surface area contributed by atoms with Crippen molar-refractivity contribution in [3.8, 4) is 0 Å². The molecule has 0 aromatic carbocycles. The molecule has 15 atom stereocenters. The van der Waals surface area contributed by atoms with Crippen LogP contribution in [0, 0.1) is 176 Å². The molecule has 0 heteroatoms. The van der Waals surface area contributed by atoms with Gasteiger partial charge in [-0.1, -0.05) is 299 Å². The summed E-state index contributed by atoms with van der Waals surface area (Å²) in [6.07, 6.45) is 39.7. The number of fused-ring (bicyclic) bond motifs is 2. The summed E-state index contributed by atoms with van der Waals surface area (Å²) < 4.78 is 0. The molecule has 0 heterocycles. The van der Waals surface area contributed by atoms with Gasteiger partial charge in [-0.2, -0.15) is 0 Å². The van der Waals surface area contributed by atoms with Crippen LogP contribution in [-0.4, -0.2) is 0 Å². The summed E-state index contributed by atoms with van der Waals surface area (Å²) in [6, 6.07) is 0. The molecule has 12 aliphatic carbocycles. The number of hydrogen-bond donors (Lipinski definition) is 0. The maximum Gasteiger partial charge on any atom is -0.0297 e. The Morgan fingerprint density at radius 3 is 0.843 bits per heavy atom. The second-order valence-electron chi connectivity index (χ2n) is 40.1. The smallest absolute Gasteiger partial charge is 0.0297 e. The number of rotatable bonds is 3. The van der Waals surface area contributed by atoms with Crippen molar-refractivity contribution in [1.82, 2.24) is 0 Å². The van der Waals surface area contributed by atoms with Crippen molar-refractivity contribution in [3.05, 3.63) is 0 Å². The van der Waals surface area contributed by atoms with Gasteiger partial charge in [0.25, 0.3) is 0 Å². The molecule has 0 aliphatic heterocycles. The van der Waals surface area contributed by atoms with Crippen molar-refractivity contribution in [3.63, 3.8) is 0 Å². The first kappa shape index (κ1) is 85.1. The van der Waals surface area contributed by atoms with E-state index < -0.39 is 0 Å². The normalized spacial score (nSPS) is 41.9. The predicted octanol–water partition coefficient (Wildman–Crippen LogP) is 30.1. The summed E-state index contributed by atoms with van der Waals surface area (Å²) in [5.74, 6) is 26.0. The Bertz CT molecular complexity index is 1640. The van der Waals surface area contributed by atoms with Gasteiger partial charge in [-0.15, -0.1) is 0 Å². The zero-order valence-corrected chi connectivity index (χ0v) is 68.1. The van der Waals surface area contributed by atoms with Crippen LogP contribution in [0.2, 0.25) is 0 Å². The minimum atomic E-state index is 0.595. The van der Waals surface area contributed by atoms with Crippen LogP contribution in [0.1, 0.15) is 395 Å². The van der Waals surface area contributed by atoms with E-state index in [2.05, 4.69) is 222 Å². The Balaban J connectivity index is 0.000000334. The molecule has 89 heavy (non-hydrogen) atoms. The SMILES string of the molecule is CC(C)(C)C1CCC1.CC1C(C)C(C)C1C.CC1CC(C(C)C)C1.CC1CC(C)C(C)C1.CC1CC(C)[C@@H](C)C1.CC1CC2CCC1(C)C2.CC1CCC(C)(C)C1.CC1CCC(C)C1C.CC1CCC(C)C1C.CC1CCCC1(C)C.CCC(C)C1CCC1. The summed E-state index contributed by atoms with van der Waals surface area (Å²) in [6.45, 7) is 75.7. The van der Waals surface area contributed by atoms with Crippen LogP contribution in [0.4, 0.5) is 0 Å². The van der Waals surface area contributed by atoms with Gasteiger partial charge in [0.15, 0.2) is 0 Å². The lowest BCUT2D eigenvalue weighted by atomic mass is 9.60. The minimum absolute atomic E-state index is 0.595. The Kier molecular flexibility index (Phi) is 38.3. The molecule has 14 unspecified atom stereocenters. The van der Waals surface area contributed by atoms with Gasteiger partial charge in [-0.05, 0) is 272 Å². The van der Waals surface area contributed by atoms with Crippen molar-refractivity contribution < 1.29 is 0 Å². The Hall–Kier alpha value is 0. The summed E-state index contributed by atoms with van der Waals surface area (Å²) >= 11 is 0. The van der Waals surface area contributed by atoms with Gasteiger partial charge in [-0.25, -0.2) is 0 Å². The molecule has 12 fully saturated rings. The van der Waals surface area contributed by atoms with Crippen molar-refractivity contribution >= 4 is 0 Å². The lowest BCUT2D eigenvalue weighted by Gasteiger charge is -2.45. The van der Waals surface area contributed by atoms with Crippen molar-refractivity contribution in [2.75, 3.05) is 0 Å². The summed E-state index contributed by atoms with van der Waals surface area (Å²) in [5, 5.41) is 0. The zero-order valence-electron chi connectivity index (χ0n) is 68.1. The zero-order chi connectivity index (χ0) is 68.1. The Morgan fingerprint density at radius 2 is 0.742 bits per heavy atom. The van der Waals surface area contributed by atoms with Gasteiger partial charge in [-0.3, -0.25) is 0 Å². The average Bonchev–Trinajstić information content (AvgIpc) is 1.78. The van der Waals surface area contributed by atoms with Crippen molar-refractivity contribution in [2.24, 2.45) is 176 Å². The van der Waals surface area contributed by atoms with Gasteiger partial charge >= 0.3 is 0 Å². The molecule has 12 rings (SSSR count). The van der Waals surface area contributed by atoms with Crippen LogP contribution in [0.3, 0.4) is 0 Å². The molecule has 12 aliphatic rings. The Morgan fingerprint density at radius 1 is 0.348 bits per heavy atom. The molecule has 0 aromatic rings. The lowest BCUT2D eigenvalue weighted by molar-refractivity contribution is 0.0302. The largest absolute Gasteiger partial charge is 0.0651 e. The van der Waals surface area contributed by atoms with E-state index >= 15 is 0 Å². The standard InChI is InChI=1S/C9H16.10C8H16/c1-7-5-8-3-4-9(7,2)6-8;2*1-6-4-7(2)8(3)5-6;1-6(2)8-4-7(3)5-8;1-7-4-5-8(2,3)6-7;1-8(2,3)7-5-4-6-7;1-7-5-4-6-8(7,2)3;2*1-6-4-5-7(2)8(6)3;1-5-6(2)8(4)7(5)3;1-3-7(2)8-5-4-6-8/h7-8H,3-6H2,1-2H3;3*6-8H,4-5H2,1-3H3;3*7H,4-6H2,1-3H3;2*6-8H,4-5H2,1-3H3;5-8H,1-4H3;7-8H,3-6H2,1-2H3/t;6?,7-,8?;;;;;;;;;/m.0........./s1. The van der Waals surface area contributed by atoms with E-state index in [0.29, 0.717) is 16.2 Å². The third-order valence-electron chi connectivity index (χ3n) is 30.1. The molecule has 0 nitrogen and oxygen atoms in total. The van der Waals surface area contributed by atoms with E-state index in [0.717, 1.165) is 159 Å². The minimum Gasteiger partial charge on any atom is -0.0651 e. The van der Waals surface area contributed by atoms with Crippen molar-refractivity contribution in [2.45, 2.75) is 395 Å². The van der Waals surface area contributed by atoms with Crippen LogP contribution >= 0.6 is 0 Å². The fourth-order valence-electron chi connectivity index (χ4n) is 18.9. The molecule has 0 spiro atoms. The highest BCUT2D eigenvalue weighted by molar-refractivity contribution is 4.97. The molecule has 532 valence electrons. The van der Waals surface area contributed by atoms with Gasteiger partial charge in [0.05, 0.1) is 0 Å². The maximum atomic E-state index is 2.48. The lowest BCUT2D eigenvalue weighted by Crippen LogP contribution is -2.39. The van der Waals surface area contributed by atoms with Crippen LogP contribution < -0.4 is 0 Å². The van der Waals surface area contributed by atoms with Gasteiger partial charge in [0.2, 0.25) is 0 Å². The van der Waals surface area contributed by atoms with E-state index in [-0.39, 0.29) is 0 Å². The second kappa shape index (κ2) is 40.0. The van der Waals surface area contributed by atoms with Crippen molar-refractivity contribution in [1.29, 1.82) is 0 Å². The maximum absolute atomic E-state index is 2.48. The second-order valence-corrected chi connectivity index (χ2v) is 40.1. The molecule has 12 saturated carbocycles. The fourth-order valence-corrected chi connectivity index (χ4v) is 18.9. The first-order valence-corrected chi connectivity index (χ1v) is 41.1. The van der Waals surface area contributed by atoms with E-state index in [1.54, 1.807) is 0 Å². The predicted molar refractivity (Wildman–Crippen MR) is 407 cm³/mol. The topological polar surface area (TPSA) is 0 Å². The monoisotopic (exact) mass is 1250 g/mol. The molecule has 0 amide bonds. The van der Waals surface area contributed by atoms with Crippen LogP contribution in [0.15, 0.2) is 0 Å². The first-order valence-electron chi connectivity index (χ1n) is 41.1. The molecule has 0 N–H and O–H groups in total. The highest BCUT2D eigenvalue weighted by Crippen LogP contribution is 2.57. The molecule has 0 saturated heterocycles. The van der Waals surface area contributed by atoms with Gasteiger partial charge in [0, 0.05) is 0 Å². The van der Waals surface area contributed by atoms with E-state index in [4.69, 9.17) is 0 Å². The van der Waals surface area contributed by atoms with Crippen LogP contribution in [-0.2, 0) is 0 Å².